The highest BCUT2D eigenvalue weighted by molar-refractivity contribution is 4.88. The van der Waals surface area contributed by atoms with Gasteiger partial charge in [-0.3, -0.25) is 0 Å². The smallest absolute Gasteiger partial charge is 0.0972 e. The molecule has 0 aromatic heterocycles. The average molecular weight is 224 g/mol. The van der Waals surface area contributed by atoms with Crippen LogP contribution in [0, 0.1) is 23.2 Å². The maximum Gasteiger partial charge on any atom is 0.0972 e. The second-order valence-corrected chi connectivity index (χ2v) is 5.17. The van der Waals surface area contributed by atoms with Crippen molar-refractivity contribution in [1.82, 2.24) is 5.32 Å². The van der Waals surface area contributed by atoms with E-state index in [2.05, 4.69) is 25.2 Å². The second-order valence-electron chi connectivity index (χ2n) is 5.17. The first-order valence-electron chi connectivity index (χ1n) is 6.34. The molecule has 0 heterocycles. The Balaban J connectivity index is 2.20. The third-order valence-electron chi connectivity index (χ3n) is 3.40. The Kier molecular flexibility index (Phi) is 5.79. The molecule has 0 aliphatic heterocycles. The Hall–Kier alpha value is -0.590. The minimum absolute atomic E-state index is 0.0709. The van der Waals surface area contributed by atoms with E-state index in [1.807, 2.05) is 7.05 Å². The van der Waals surface area contributed by atoms with Crippen LogP contribution >= 0.6 is 0 Å². The van der Waals surface area contributed by atoms with E-state index in [1.54, 1.807) is 0 Å². The Bertz CT molecular complexity index is 227. The Morgan fingerprint density at radius 2 is 1.94 bits per heavy atom. The third-order valence-corrected chi connectivity index (χ3v) is 3.40. The van der Waals surface area contributed by atoms with Crippen LogP contribution < -0.4 is 5.32 Å². The predicted octanol–water partition coefficient (Wildman–Crippen LogP) is 2.33. The fourth-order valence-electron chi connectivity index (χ4n) is 2.64. The Morgan fingerprint density at radius 1 is 1.31 bits per heavy atom. The van der Waals surface area contributed by atoms with Crippen molar-refractivity contribution in [2.24, 2.45) is 11.8 Å². The number of nitrogens with zero attached hydrogens (tertiary/aromatic N) is 1. The standard InChI is InChI=1S/C13H24N2O/c1-10-6-11(2)8-13(7-10)16-5-4-12(9-14)15-3/h10-13,15H,4-8H2,1-3H3. The SMILES string of the molecule is CNC(C#N)CCOC1CC(C)CC(C)C1. The summed E-state index contributed by atoms with van der Waals surface area (Å²) in [6.45, 7) is 5.30. The Labute approximate surface area is 99.2 Å². The van der Waals surface area contributed by atoms with Gasteiger partial charge in [0.1, 0.15) is 0 Å². The number of ether oxygens (including phenoxy) is 1. The summed E-state index contributed by atoms with van der Waals surface area (Å²) in [5.74, 6) is 1.56. The molecule has 3 nitrogen and oxygen atoms in total. The van der Waals surface area contributed by atoms with Crippen LogP contribution in [0.25, 0.3) is 0 Å². The van der Waals surface area contributed by atoms with Gasteiger partial charge in [-0.1, -0.05) is 13.8 Å². The number of nitriles is 1. The summed E-state index contributed by atoms with van der Waals surface area (Å²) in [5.41, 5.74) is 0. The lowest BCUT2D eigenvalue weighted by molar-refractivity contribution is -0.00116. The number of hydrogen-bond donors (Lipinski definition) is 1. The first kappa shape index (κ1) is 13.5. The van der Waals surface area contributed by atoms with Crippen LogP contribution in [-0.4, -0.2) is 25.8 Å². The summed E-state index contributed by atoms with van der Waals surface area (Å²) in [7, 11) is 1.82. The maximum absolute atomic E-state index is 8.78. The molecule has 1 N–H and O–H groups in total. The zero-order valence-electron chi connectivity index (χ0n) is 10.7. The molecule has 0 aromatic rings. The van der Waals surface area contributed by atoms with Gasteiger partial charge in [0.25, 0.3) is 0 Å². The molecular formula is C13H24N2O. The van der Waals surface area contributed by atoms with Crippen molar-refractivity contribution in [3.63, 3.8) is 0 Å². The van der Waals surface area contributed by atoms with Gasteiger partial charge >= 0.3 is 0 Å². The van der Waals surface area contributed by atoms with Gasteiger partial charge in [-0.15, -0.1) is 0 Å². The highest BCUT2D eigenvalue weighted by Crippen LogP contribution is 2.30. The molecule has 0 saturated heterocycles. The molecule has 92 valence electrons. The molecule has 0 amide bonds. The van der Waals surface area contributed by atoms with E-state index in [4.69, 9.17) is 10.00 Å². The summed E-state index contributed by atoms with van der Waals surface area (Å²) < 4.78 is 5.87. The van der Waals surface area contributed by atoms with E-state index in [0.29, 0.717) is 12.7 Å². The van der Waals surface area contributed by atoms with Crippen molar-refractivity contribution >= 4 is 0 Å². The zero-order valence-corrected chi connectivity index (χ0v) is 10.7. The summed E-state index contributed by atoms with van der Waals surface area (Å²) in [6, 6.07) is 2.15. The molecule has 0 radical (unpaired) electrons. The Morgan fingerprint density at radius 3 is 2.44 bits per heavy atom. The van der Waals surface area contributed by atoms with E-state index < -0.39 is 0 Å². The van der Waals surface area contributed by atoms with Crippen molar-refractivity contribution in [2.45, 2.75) is 51.7 Å². The van der Waals surface area contributed by atoms with Gasteiger partial charge < -0.3 is 10.1 Å². The fraction of sp³-hybridized carbons (Fsp3) is 0.923. The molecule has 0 spiro atoms. The van der Waals surface area contributed by atoms with Crippen molar-refractivity contribution in [1.29, 1.82) is 5.26 Å². The summed E-state index contributed by atoms with van der Waals surface area (Å²) in [5, 5.41) is 11.7. The van der Waals surface area contributed by atoms with Crippen molar-refractivity contribution in [3.8, 4) is 6.07 Å². The van der Waals surface area contributed by atoms with E-state index in [-0.39, 0.29) is 6.04 Å². The average Bonchev–Trinajstić information content (AvgIpc) is 2.23. The van der Waals surface area contributed by atoms with Crippen LogP contribution in [0.5, 0.6) is 0 Å². The highest BCUT2D eigenvalue weighted by atomic mass is 16.5. The number of rotatable bonds is 5. The van der Waals surface area contributed by atoms with E-state index in [9.17, 15) is 0 Å². The lowest BCUT2D eigenvalue weighted by Crippen LogP contribution is -2.29. The molecule has 16 heavy (non-hydrogen) atoms. The molecule has 1 saturated carbocycles. The third kappa shape index (κ3) is 4.51. The minimum Gasteiger partial charge on any atom is -0.378 e. The first-order chi connectivity index (χ1) is 7.65. The van der Waals surface area contributed by atoms with Crippen LogP contribution in [0.3, 0.4) is 0 Å². The lowest BCUT2D eigenvalue weighted by Gasteiger charge is -2.31. The zero-order chi connectivity index (χ0) is 12.0. The van der Waals surface area contributed by atoms with Gasteiger partial charge in [-0.2, -0.15) is 5.26 Å². The molecular weight excluding hydrogens is 200 g/mol. The van der Waals surface area contributed by atoms with E-state index >= 15 is 0 Å². The molecule has 3 unspecified atom stereocenters. The largest absolute Gasteiger partial charge is 0.378 e. The van der Waals surface area contributed by atoms with Gasteiger partial charge in [0.05, 0.1) is 18.2 Å². The fourth-order valence-corrected chi connectivity index (χ4v) is 2.64. The van der Waals surface area contributed by atoms with Crippen molar-refractivity contribution < 1.29 is 4.74 Å². The van der Waals surface area contributed by atoms with Crippen LogP contribution in [0.2, 0.25) is 0 Å². The van der Waals surface area contributed by atoms with Crippen molar-refractivity contribution in [3.05, 3.63) is 0 Å². The molecule has 1 aliphatic rings. The predicted molar refractivity (Wildman–Crippen MR) is 65.0 cm³/mol. The molecule has 1 fully saturated rings. The van der Waals surface area contributed by atoms with Gasteiger partial charge in [-0.05, 0) is 44.6 Å². The van der Waals surface area contributed by atoms with E-state index in [1.165, 1.54) is 19.3 Å². The second kappa shape index (κ2) is 6.88. The molecule has 3 atom stereocenters. The van der Waals surface area contributed by atoms with Crippen LogP contribution in [-0.2, 0) is 4.74 Å². The molecule has 0 aromatic carbocycles. The topological polar surface area (TPSA) is 45.0 Å². The summed E-state index contributed by atoms with van der Waals surface area (Å²) >= 11 is 0. The van der Waals surface area contributed by atoms with Gasteiger partial charge in [0.15, 0.2) is 0 Å². The number of nitrogens with one attached hydrogen (secondary N) is 1. The quantitative estimate of drug-likeness (QED) is 0.779. The molecule has 0 bridgehead atoms. The highest BCUT2D eigenvalue weighted by Gasteiger charge is 2.24. The first-order valence-corrected chi connectivity index (χ1v) is 6.34. The molecule has 1 rings (SSSR count). The minimum atomic E-state index is -0.0709. The van der Waals surface area contributed by atoms with Crippen LogP contribution in [0.4, 0.5) is 0 Å². The normalized spacial score (nSPS) is 32.0. The summed E-state index contributed by atoms with van der Waals surface area (Å²) in [4.78, 5) is 0. The van der Waals surface area contributed by atoms with Gasteiger partial charge in [0, 0.05) is 6.61 Å². The van der Waals surface area contributed by atoms with Gasteiger partial charge in [-0.25, -0.2) is 0 Å². The lowest BCUT2D eigenvalue weighted by atomic mass is 9.82. The molecule has 1 aliphatic carbocycles. The van der Waals surface area contributed by atoms with Gasteiger partial charge in [0.2, 0.25) is 0 Å². The summed E-state index contributed by atoms with van der Waals surface area (Å²) in [6.07, 6.45) is 4.89. The van der Waals surface area contributed by atoms with Crippen LogP contribution in [0.15, 0.2) is 0 Å². The number of hydrogen-bond acceptors (Lipinski definition) is 3. The van der Waals surface area contributed by atoms with E-state index in [0.717, 1.165) is 18.3 Å². The monoisotopic (exact) mass is 224 g/mol. The maximum atomic E-state index is 8.78. The van der Waals surface area contributed by atoms with Crippen LogP contribution in [0.1, 0.15) is 39.5 Å². The molecule has 3 heteroatoms. The van der Waals surface area contributed by atoms with Crippen molar-refractivity contribution in [2.75, 3.05) is 13.7 Å².